The van der Waals surface area contributed by atoms with E-state index in [-0.39, 0.29) is 12.6 Å². The van der Waals surface area contributed by atoms with Gasteiger partial charge in [-0.25, -0.2) is 0 Å². The first kappa shape index (κ1) is 10.9. The van der Waals surface area contributed by atoms with E-state index < -0.39 is 0 Å². The molecule has 0 aliphatic carbocycles. The van der Waals surface area contributed by atoms with Crippen LogP contribution in [0.5, 0.6) is 0 Å². The number of aliphatic hydroxyl groups excluding tert-OH is 1. The second-order valence-corrected chi connectivity index (χ2v) is 3.67. The van der Waals surface area contributed by atoms with Crippen LogP contribution in [0.1, 0.15) is 6.92 Å². The standard InChI is InChI=1S/C11H18N2O/c1-9(8-14)12-10-4-6-11(7-5-10)13(2)3/h4-7,9,12,14H,8H2,1-3H3. The van der Waals surface area contributed by atoms with Gasteiger partial charge in [0.2, 0.25) is 0 Å². The molecular formula is C11H18N2O. The summed E-state index contributed by atoms with van der Waals surface area (Å²) in [5.74, 6) is 0. The number of benzene rings is 1. The lowest BCUT2D eigenvalue weighted by atomic mass is 10.2. The molecule has 1 atom stereocenters. The Balaban J connectivity index is 2.64. The number of hydrogen-bond donors (Lipinski definition) is 2. The molecule has 0 saturated carbocycles. The van der Waals surface area contributed by atoms with Crippen LogP contribution >= 0.6 is 0 Å². The molecule has 0 heterocycles. The largest absolute Gasteiger partial charge is 0.394 e. The fourth-order valence-electron chi connectivity index (χ4n) is 1.19. The molecule has 3 nitrogen and oxygen atoms in total. The molecule has 0 amide bonds. The zero-order valence-corrected chi connectivity index (χ0v) is 8.99. The van der Waals surface area contributed by atoms with Gasteiger partial charge in [0.25, 0.3) is 0 Å². The Morgan fingerprint density at radius 2 is 1.86 bits per heavy atom. The van der Waals surface area contributed by atoms with Gasteiger partial charge in [0.15, 0.2) is 0 Å². The van der Waals surface area contributed by atoms with Gasteiger partial charge in [0.05, 0.1) is 6.61 Å². The van der Waals surface area contributed by atoms with Crippen molar-refractivity contribution in [3.8, 4) is 0 Å². The van der Waals surface area contributed by atoms with Crippen LogP contribution in [-0.2, 0) is 0 Å². The molecule has 0 aliphatic heterocycles. The lowest BCUT2D eigenvalue weighted by molar-refractivity contribution is 0.281. The number of aliphatic hydroxyl groups is 1. The average Bonchev–Trinajstić information content (AvgIpc) is 2.18. The highest BCUT2D eigenvalue weighted by Gasteiger charge is 1.99. The lowest BCUT2D eigenvalue weighted by Crippen LogP contribution is -2.19. The first-order valence-electron chi connectivity index (χ1n) is 4.78. The summed E-state index contributed by atoms with van der Waals surface area (Å²) >= 11 is 0. The van der Waals surface area contributed by atoms with Gasteiger partial charge < -0.3 is 15.3 Å². The van der Waals surface area contributed by atoms with Gasteiger partial charge in [-0.05, 0) is 31.2 Å². The molecule has 2 N–H and O–H groups in total. The zero-order valence-electron chi connectivity index (χ0n) is 8.99. The maximum Gasteiger partial charge on any atom is 0.0630 e. The summed E-state index contributed by atoms with van der Waals surface area (Å²) in [4.78, 5) is 2.05. The molecule has 0 bridgehead atoms. The minimum absolute atomic E-state index is 0.0974. The van der Waals surface area contributed by atoms with Gasteiger partial charge in [-0.3, -0.25) is 0 Å². The van der Waals surface area contributed by atoms with E-state index in [0.717, 1.165) is 5.69 Å². The van der Waals surface area contributed by atoms with E-state index in [9.17, 15) is 0 Å². The number of rotatable bonds is 4. The van der Waals surface area contributed by atoms with Crippen LogP contribution in [0.15, 0.2) is 24.3 Å². The Kier molecular flexibility index (Phi) is 3.77. The molecule has 0 saturated heterocycles. The summed E-state index contributed by atoms with van der Waals surface area (Å²) in [6.07, 6.45) is 0. The average molecular weight is 194 g/mol. The predicted octanol–water partition coefficient (Wildman–Crippen LogP) is 1.55. The fraction of sp³-hybridized carbons (Fsp3) is 0.455. The smallest absolute Gasteiger partial charge is 0.0630 e. The summed E-state index contributed by atoms with van der Waals surface area (Å²) in [5.41, 5.74) is 2.21. The van der Waals surface area contributed by atoms with Crippen LogP contribution in [0.2, 0.25) is 0 Å². The molecule has 0 aliphatic rings. The number of anilines is 2. The lowest BCUT2D eigenvalue weighted by Gasteiger charge is -2.15. The molecule has 0 radical (unpaired) electrons. The third kappa shape index (κ3) is 2.92. The first-order valence-corrected chi connectivity index (χ1v) is 4.78. The molecule has 0 spiro atoms. The highest BCUT2D eigenvalue weighted by Crippen LogP contribution is 2.15. The van der Waals surface area contributed by atoms with Crippen molar-refractivity contribution in [2.45, 2.75) is 13.0 Å². The minimum Gasteiger partial charge on any atom is -0.394 e. The van der Waals surface area contributed by atoms with Crippen molar-refractivity contribution >= 4 is 11.4 Å². The van der Waals surface area contributed by atoms with Crippen molar-refractivity contribution in [1.29, 1.82) is 0 Å². The van der Waals surface area contributed by atoms with Gasteiger partial charge in [-0.15, -0.1) is 0 Å². The van der Waals surface area contributed by atoms with E-state index in [2.05, 4.69) is 10.2 Å². The van der Waals surface area contributed by atoms with Crippen LogP contribution in [0, 0.1) is 0 Å². The monoisotopic (exact) mass is 194 g/mol. The number of nitrogens with zero attached hydrogens (tertiary/aromatic N) is 1. The molecule has 1 aromatic rings. The maximum atomic E-state index is 8.87. The van der Waals surface area contributed by atoms with Gasteiger partial charge >= 0.3 is 0 Å². The Bertz CT molecular complexity index is 269. The topological polar surface area (TPSA) is 35.5 Å². The second-order valence-electron chi connectivity index (χ2n) is 3.67. The van der Waals surface area contributed by atoms with Crippen molar-refractivity contribution in [3.05, 3.63) is 24.3 Å². The van der Waals surface area contributed by atoms with Gasteiger partial charge in [-0.2, -0.15) is 0 Å². The highest BCUT2D eigenvalue weighted by atomic mass is 16.3. The van der Waals surface area contributed by atoms with Crippen molar-refractivity contribution in [2.75, 3.05) is 30.9 Å². The van der Waals surface area contributed by atoms with Crippen molar-refractivity contribution in [3.63, 3.8) is 0 Å². The highest BCUT2D eigenvalue weighted by molar-refractivity contribution is 5.54. The molecule has 3 heteroatoms. The molecule has 0 aromatic heterocycles. The number of nitrogens with one attached hydrogen (secondary N) is 1. The molecule has 78 valence electrons. The van der Waals surface area contributed by atoms with E-state index in [1.54, 1.807) is 0 Å². The third-order valence-electron chi connectivity index (χ3n) is 2.07. The van der Waals surface area contributed by atoms with Gasteiger partial charge in [0, 0.05) is 31.5 Å². The second kappa shape index (κ2) is 4.86. The predicted molar refractivity (Wildman–Crippen MR) is 60.9 cm³/mol. The van der Waals surface area contributed by atoms with E-state index in [4.69, 9.17) is 5.11 Å². The summed E-state index contributed by atoms with van der Waals surface area (Å²) < 4.78 is 0. The van der Waals surface area contributed by atoms with Crippen molar-refractivity contribution in [2.24, 2.45) is 0 Å². The fourth-order valence-corrected chi connectivity index (χ4v) is 1.19. The van der Waals surface area contributed by atoms with Crippen LogP contribution in [0.3, 0.4) is 0 Å². The SMILES string of the molecule is CC(CO)Nc1ccc(N(C)C)cc1. The van der Waals surface area contributed by atoms with Crippen molar-refractivity contribution in [1.82, 2.24) is 0 Å². The summed E-state index contributed by atoms with van der Waals surface area (Å²) in [5, 5.41) is 12.1. The third-order valence-corrected chi connectivity index (χ3v) is 2.07. The number of hydrogen-bond acceptors (Lipinski definition) is 3. The van der Waals surface area contributed by atoms with Crippen LogP contribution < -0.4 is 10.2 Å². The Morgan fingerprint density at radius 1 is 1.29 bits per heavy atom. The molecule has 1 rings (SSSR count). The van der Waals surface area contributed by atoms with Crippen LogP contribution in [-0.4, -0.2) is 31.9 Å². The molecule has 1 aromatic carbocycles. The molecule has 0 fully saturated rings. The van der Waals surface area contributed by atoms with E-state index in [1.807, 2.05) is 45.3 Å². The van der Waals surface area contributed by atoms with Crippen LogP contribution in [0.25, 0.3) is 0 Å². The Hall–Kier alpha value is -1.22. The first-order chi connectivity index (χ1) is 6.63. The quantitative estimate of drug-likeness (QED) is 0.763. The Morgan fingerprint density at radius 3 is 2.29 bits per heavy atom. The Labute approximate surface area is 85.4 Å². The minimum atomic E-state index is 0.0974. The normalized spacial score (nSPS) is 12.3. The zero-order chi connectivity index (χ0) is 10.6. The molecule has 14 heavy (non-hydrogen) atoms. The van der Waals surface area contributed by atoms with E-state index in [0.29, 0.717) is 0 Å². The summed E-state index contributed by atoms with van der Waals surface area (Å²) in [6, 6.07) is 8.22. The molecular weight excluding hydrogens is 176 g/mol. The summed E-state index contributed by atoms with van der Waals surface area (Å²) in [7, 11) is 4.03. The van der Waals surface area contributed by atoms with E-state index in [1.165, 1.54) is 5.69 Å². The molecule has 1 unspecified atom stereocenters. The van der Waals surface area contributed by atoms with Crippen molar-refractivity contribution < 1.29 is 5.11 Å². The van der Waals surface area contributed by atoms with E-state index >= 15 is 0 Å². The van der Waals surface area contributed by atoms with Gasteiger partial charge in [0.1, 0.15) is 0 Å². The summed E-state index contributed by atoms with van der Waals surface area (Å²) in [6.45, 7) is 2.09. The maximum absolute atomic E-state index is 8.87. The van der Waals surface area contributed by atoms with Crippen LogP contribution in [0.4, 0.5) is 11.4 Å². The van der Waals surface area contributed by atoms with Gasteiger partial charge in [-0.1, -0.05) is 0 Å².